The first-order valence-electron chi connectivity index (χ1n) is 11.6. The largest absolute Gasteiger partial charge is 0.326 e. The molecule has 0 unspecified atom stereocenters. The van der Waals surface area contributed by atoms with Crippen LogP contribution in [0.1, 0.15) is 34.8 Å². The van der Waals surface area contributed by atoms with Gasteiger partial charge in [-0.1, -0.05) is 36.4 Å². The summed E-state index contributed by atoms with van der Waals surface area (Å²) in [6.07, 6.45) is 1.62. The molecule has 0 saturated carbocycles. The molecule has 4 aromatic rings. The third-order valence-electron chi connectivity index (χ3n) is 6.92. The van der Waals surface area contributed by atoms with E-state index in [0.717, 1.165) is 48.1 Å². The van der Waals surface area contributed by atoms with Crippen molar-refractivity contribution >= 4 is 28.4 Å². The Morgan fingerprint density at radius 1 is 0.882 bits per heavy atom. The standard InChI is InChI=1S/C27H24N4O3/c32-25(28-17-9-10-21-22(15-17)19-5-1-2-6-20(19)26(21)33)16-30-13-11-18(12-14-30)31-24-8-4-3-7-23(24)29-27(31)34/h1-10,15,18H,11-14,16H2,(H,28,32)(H,29,34). The molecule has 6 rings (SSSR count). The van der Waals surface area contributed by atoms with Crippen molar-refractivity contribution < 1.29 is 9.59 Å². The zero-order chi connectivity index (χ0) is 23.2. The van der Waals surface area contributed by atoms with E-state index < -0.39 is 0 Å². The summed E-state index contributed by atoms with van der Waals surface area (Å²) in [5.41, 5.74) is 5.56. The smallest absolute Gasteiger partial charge is 0.325 e. The maximum atomic E-state index is 12.7. The number of aromatic amines is 1. The number of rotatable bonds is 4. The molecule has 7 nitrogen and oxygen atoms in total. The molecule has 1 aromatic heterocycles. The van der Waals surface area contributed by atoms with Crippen LogP contribution in [-0.2, 0) is 4.79 Å². The van der Waals surface area contributed by atoms with E-state index in [9.17, 15) is 14.4 Å². The number of imidazole rings is 1. The van der Waals surface area contributed by atoms with E-state index in [1.807, 2.05) is 59.2 Å². The van der Waals surface area contributed by atoms with Gasteiger partial charge in [0.1, 0.15) is 0 Å². The maximum Gasteiger partial charge on any atom is 0.326 e. The van der Waals surface area contributed by atoms with Crippen LogP contribution < -0.4 is 11.0 Å². The highest BCUT2D eigenvalue weighted by Gasteiger charge is 2.27. The number of para-hydroxylation sites is 2. The predicted octanol–water partition coefficient (Wildman–Crippen LogP) is 3.82. The number of likely N-dealkylation sites (tertiary alicyclic amines) is 1. The monoisotopic (exact) mass is 452 g/mol. The second-order valence-electron chi connectivity index (χ2n) is 9.01. The lowest BCUT2D eigenvalue weighted by molar-refractivity contribution is -0.117. The van der Waals surface area contributed by atoms with Crippen molar-refractivity contribution in [2.75, 3.05) is 25.0 Å². The van der Waals surface area contributed by atoms with Crippen LogP contribution in [0.15, 0.2) is 71.5 Å². The van der Waals surface area contributed by atoms with Crippen molar-refractivity contribution in [3.63, 3.8) is 0 Å². The van der Waals surface area contributed by atoms with Crippen LogP contribution in [0.25, 0.3) is 22.2 Å². The predicted molar refractivity (Wildman–Crippen MR) is 131 cm³/mol. The molecule has 0 atom stereocenters. The minimum atomic E-state index is -0.0831. The summed E-state index contributed by atoms with van der Waals surface area (Å²) < 4.78 is 1.86. The molecule has 170 valence electrons. The summed E-state index contributed by atoms with van der Waals surface area (Å²) in [6, 6.07) is 20.9. The van der Waals surface area contributed by atoms with Crippen LogP contribution >= 0.6 is 0 Å². The van der Waals surface area contributed by atoms with Crippen molar-refractivity contribution in [1.29, 1.82) is 0 Å². The van der Waals surface area contributed by atoms with Gasteiger partial charge in [-0.25, -0.2) is 4.79 Å². The second-order valence-corrected chi connectivity index (χ2v) is 9.01. The molecule has 0 bridgehead atoms. The minimum absolute atomic E-state index is 0.0284. The average molecular weight is 453 g/mol. The number of anilines is 1. The van der Waals surface area contributed by atoms with Gasteiger partial charge in [0.25, 0.3) is 0 Å². The Morgan fingerprint density at radius 2 is 1.59 bits per heavy atom. The summed E-state index contributed by atoms with van der Waals surface area (Å²) in [5, 5.41) is 2.98. The quantitative estimate of drug-likeness (QED) is 0.434. The van der Waals surface area contributed by atoms with E-state index in [-0.39, 0.29) is 23.4 Å². The van der Waals surface area contributed by atoms with Gasteiger partial charge in [-0.05, 0) is 54.3 Å². The maximum absolute atomic E-state index is 12.7. The van der Waals surface area contributed by atoms with Crippen LogP contribution in [-0.4, -0.2) is 45.8 Å². The van der Waals surface area contributed by atoms with Gasteiger partial charge < -0.3 is 10.3 Å². The zero-order valence-electron chi connectivity index (χ0n) is 18.6. The summed E-state index contributed by atoms with van der Waals surface area (Å²) in [4.78, 5) is 42.9. The molecule has 1 amide bonds. The van der Waals surface area contributed by atoms with E-state index in [4.69, 9.17) is 0 Å². The van der Waals surface area contributed by atoms with Crippen molar-refractivity contribution in [3.05, 3.63) is 88.3 Å². The number of amides is 1. The number of ketones is 1. The molecule has 0 spiro atoms. The number of nitrogens with one attached hydrogen (secondary N) is 2. The first-order chi connectivity index (χ1) is 16.6. The molecule has 2 N–H and O–H groups in total. The van der Waals surface area contributed by atoms with Crippen LogP contribution in [0.4, 0.5) is 5.69 Å². The number of carbonyl (C=O) groups excluding carboxylic acids is 2. The number of carbonyl (C=O) groups is 2. The van der Waals surface area contributed by atoms with Gasteiger partial charge in [0.05, 0.1) is 17.6 Å². The van der Waals surface area contributed by atoms with Crippen LogP contribution in [0, 0.1) is 0 Å². The third-order valence-corrected chi connectivity index (χ3v) is 6.92. The lowest BCUT2D eigenvalue weighted by atomic mass is 10.0. The van der Waals surface area contributed by atoms with Gasteiger partial charge in [-0.3, -0.25) is 19.1 Å². The van der Waals surface area contributed by atoms with E-state index in [2.05, 4.69) is 15.2 Å². The highest BCUT2D eigenvalue weighted by Crippen LogP contribution is 2.37. The molecule has 3 aromatic carbocycles. The van der Waals surface area contributed by atoms with Gasteiger partial charge in [0.15, 0.2) is 5.78 Å². The second kappa shape index (κ2) is 8.11. The number of benzene rings is 3. The van der Waals surface area contributed by atoms with Gasteiger partial charge in [-0.2, -0.15) is 0 Å². The Bertz CT molecular complexity index is 1490. The number of hydrogen-bond acceptors (Lipinski definition) is 4. The first kappa shape index (κ1) is 20.6. The molecule has 34 heavy (non-hydrogen) atoms. The number of fused-ring (bicyclic) bond motifs is 4. The van der Waals surface area contributed by atoms with E-state index in [0.29, 0.717) is 23.4 Å². The van der Waals surface area contributed by atoms with Crippen LogP contribution in [0.3, 0.4) is 0 Å². The molecule has 7 heteroatoms. The lowest BCUT2D eigenvalue weighted by Crippen LogP contribution is -2.41. The highest BCUT2D eigenvalue weighted by atomic mass is 16.2. The SMILES string of the molecule is O=C(CN1CCC(n2c(=O)[nH]c3ccccc32)CC1)Nc1ccc2c(c1)-c1ccccc1C2=O. The Labute approximate surface area is 196 Å². The van der Waals surface area contributed by atoms with Gasteiger partial charge >= 0.3 is 5.69 Å². The molecular formula is C27H24N4O3. The normalized spacial score (nSPS) is 15.9. The fourth-order valence-electron chi connectivity index (χ4n) is 5.28. The molecular weight excluding hydrogens is 428 g/mol. The van der Waals surface area contributed by atoms with Gasteiger partial charge in [-0.15, -0.1) is 0 Å². The van der Waals surface area contributed by atoms with Crippen molar-refractivity contribution in [1.82, 2.24) is 14.5 Å². The molecule has 1 fully saturated rings. The molecule has 1 aliphatic carbocycles. The number of hydrogen-bond donors (Lipinski definition) is 2. The number of H-pyrrole nitrogens is 1. The Hall–Kier alpha value is -3.97. The Morgan fingerprint density at radius 3 is 2.41 bits per heavy atom. The number of aromatic nitrogens is 2. The molecule has 0 radical (unpaired) electrons. The fraction of sp³-hybridized carbons (Fsp3) is 0.222. The van der Waals surface area contributed by atoms with Crippen molar-refractivity contribution in [2.24, 2.45) is 0 Å². The van der Waals surface area contributed by atoms with Gasteiger partial charge in [0.2, 0.25) is 5.91 Å². The molecule has 1 saturated heterocycles. The van der Waals surface area contributed by atoms with Crippen molar-refractivity contribution in [3.8, 4) is 11.1 Å². The summed E-state index contributed by atoms with van der Waals surface area (Å²) in [7, 11) is 0. The third kappa shape index (κ3) is 3.45. The Balaban J connectivity index is 1.10. The van der Waals surface area contributed by atoms with Crippen molar-refractivity contribution in [2.45, 2.75) is 18.9 Å². The zero-order valence-corrected chi connectivity index (χ0v) is 18.6. The van der Waals surface area contributed by atoms with E-state index in [1.54, 1.807) is 12.1 Å². The Kier molecular flexibility index (Phi) is 4.92. The lowest BCUT2D eigenvalue weighted by Gasteiger charge is -2.32. The summed E-state index contributed by atoms with van der Waals surface area (Å²) >= 11 is 0. The highest BCUT2D eigenvalue weighted by molar-refractivity contribution is 6.22. The number of nitrogens with zero attached hydrogens (tertiary/aromatic N) is 2. The fourth-order valence-corrected chi connectivity index (χ4v) is 5.28. The molecule has 2 aliphatic rings. The summed E-state index contributed by atoms with van der Waals surface area (Å²) in [6.45, 7) is 1.79. The summed E-state index contributed by atoms with van der Waals surface area (Å²) in [5.74, 6) is -0.0547. The molecule has 1 aliphatic heterocycles. The minimum Gasteiger partial charge on any atom is -0.325 e. The van der Waals surface area contributed by atoms with E-state index >= 15 is 0 Å². The topological polar surface area (TPSA) is 87.2 Å². The van der Waals surface area contributed by atoms with Crippen LogP contribution in [0.5, 0.6) is 0 Å². The first-order valence-corrected chi connectivity index (χ1v) is 11.6. The average Bonchev–Trinajstić information content (AvgIpc) is 3.33. The van der Waals surface area contributed by atoms with Gasteiger partial charge in [0, 0.05) is 35.9 Å². The van der Waals surface area contributed by atoms with Crippen LogP contribution in [0.2, 0.25) is 0 Å². The number of piperidine rings is 1. The van der Waals surface area contributed by atoms with E-state index in [1.165, 1.54) is 0 Å². The molecule has 2 heterocycles.